The van der Waals surface area contributed by atoms with E-state index in [1.54, 1.807) is 26.4 Å². The van der Waals surface area contributed by atoms with Crippen molar-refractivity contribution in [2.45, 2.75) is 39.0 Å². The first-order valence-corrected chi connectivity index (χ1v) is 6.62. The van der Waals surface area contributed by atoms with Gasteiger partial charge >= 0.3 is 5.97 Å². The number of hydrogen-bond acceptors (Lipinski definition) is 3. The van der Waals surface area contributed by atoms with Gasteiger partial charge in [0, 0.05) is 5.56 Å². The van der Waals surface area contributed by atoms with Crippen molar-refractivity contribution in [2.24, 2.45) is 0 Å². The third kappa shape index (κ3) is 4.16. The van der Waals surface area contributed by atoms with Crippen molar-refractivity contribution in [2.75, 3.05) is 14.2 Å². The van der Waals surface area contributed by atoms with Gasteiger partial charge in [0.05, 0.1) is 19.8 Å². The normalized spacial score (nSPS) is 10.3. The van der Waals surface area contributed by atoms with Crippen molar-refractivity contribution in [3.05, 3.63) is 23.3 Å². The van der Waals surface area contributed by atoms with Crippen molar-refractivity contribution >= 4 is 5.97 Å². The molecule has 0 fully saturated rings. The molecule has 0 heterocycles. The second-order valence-electron chi connectivity index (χ2n) is 4.48. The topological polar surface area (TPSA) is 55.8 Å². The lowest BCUT2D eigenvalue weighted by atomic mass is 10.0. The molecule has 0 aromatic heterocycles. The molecular formula is C15H22O4. The summed E-state index contributed by atoms with van der Waals surface area (Å²) in [5, 5.41) is 9.05. The summed E-state index contributed by atoms with van der Waals surface area (Å²) >= 11 is 0. The first-order valence-electron chi connectivity index (χ1n) is 6.62. The fraction of sp³-hybridized carbons (Fsp3) is 0.533. The highest BCUT2D eigenvalue weighted by Crippen LogP contribution is 2.32. The predicted molar refractivity (Wildman–Crippen MR) is 74.4 cm³/mol. The summed E-state index contributed by atoms with van der Waals surface area (Å²) in [4.78, 5) is 11.0. The number of methoxy groups -OCH3 is 2. The van der Waals surface area contributed by atoms with E-state index in [9.17, 15) is 4.79 Å². The van der Waals surface area contributed by atoms with Crippen LogP contribution in [0.4, 0.5) is 0 Å². The van der Waals surface area contributed by atoms with E-state index in [-0.39, 0.29) is 5.56 Å². The van der Waals surface area contributed by atoms with Crippen molar-refractivity contribution in [1.29, 1.82) is 0 Å². The van der Waals surface area contributed by atoms with Gasteiger partial charge in [0.15, 0.2) is 0 Å². The van der Waals surface area contributed by atoms with Crippen LogP contribution >= 0.6 is 0 Å². The fourth-order valence-electron chi connectivity index (χ4n) is 2.08. The van der Waals surface area contributed by atoms with Gasteiger partial charge in [-0.1, -0.05) is 26.2 Å². The van der Waals surface area contributed by atoms with E-state index in [2.05, 4.69) is 6.92 Å². The Balaban J connectivity index is 2.96. The van der Waals surface area contributed by atoms with Gasteiger partial charge in [-0.05, 0) is 25.0 Å². The molecule has 0 amide bonds. The Morgan fingerprint density at radius 3 is 2.11 bits per heavy atom. The monoisotopic (exact) mass is 266 g/mol. The number of unbranched alkanes of at least 4 members (excludes halogenated alkanes) is 3. The standard InChI is InChI=1S/C15H22O4/c1-4-5-6-7-8-12-13(18-2)9-11(15(16)17)10-14(12)19-3/h9-10H,4-8H2,1-3H3,(H,16,17). The molecule has 0 saturated heterocycles. The summed E-state index contributed by atoms with van der Waals surface area (Å²) in [7, 11) is 3.10. The minimum Gasteiger partial charge on any atom is -0.496 e. The molecule has 1 aromatic rings. The maximum absolute atomic E-state index is 11.0. The summed E-state index contributed by atoms with van der Waals surface area (Å²) in [5.74, 6) is 0.204. The largest absolute Gasteiger partial charge is 0.496 e. The van der Waals surface area contributed by atoms with Gasteiger partial charge in [0.1, 0.15) is 11.5 Å². The third-order valence-electron chi connectivity index (χ3n) is 3.14. The van der Waals surface area contributed by atoms with E-state index in [4.69, 9.17) is 14.6 Å². The van der Waals surface area contributed by atoms with Crippen LogP contribution in [0.5, 0.6) is 11.5 Å². The summed E-state index contributed by atoms with van der Waals surface area (Å²) in [6.07, 6.45) is 5.44. The number of carboxylic acids is 1. The van der Waals surface area contributed by atoms with Gasteiger partial charge in [-0.25, -0.2) is 4.79 Å². The Morgan fingerprint density at radius 1 is 1.11 bits per heavy atom. The van der Waals surface area contributed by atoms with Gasteiger partial charge in [-0.3, -0.25) is 0 Å². The van der Waals surface area contributed by atoms with Gasteiger partial charge in [-0.15, -0.1) is 0 Å². The molecule has 0 radical (unpaired) electrons. The summed E-state index contributed by atoms with van der Waals surface area (Å²) < 4.78 is 10.6. The van der Waals surface area contributed by atoms with Gasteiger partial charge < -0.3 is 14.6 Å². The van der Waals surface area contributed by atoms with Crippen LogP contribution in [0.3, 0.4) is 0 Å². The minimum atomic E-state index is -0.978. The van der Waals surface area contributed by atoms with Gasteiger partial charge in [0.25, 0.3) is 0 Å². The molecule has 0 aliphatic rings. The molecule has 0 saturated carbocycles. The molecule has 1 aromatic carbocycles. The molecule has 0 bridgehead atoms. The van der Waals surface area contributed by atoms with Crippen LogP contribution in [0.15, 0.2) is 12.1 Å². The number of aromatic carboxylic acids is 1. The van der Waals surface area contributed by atoms with E-state index in [0.717, 1.165) is 24.8 Å². The van der Waals surface area contributed by atoms with E-state index < -0.39 is 5.97 Å². The van der Waals surface area contributed by atoms with Crippen LogP contribution in [0.25, 0.3) is 0 Å². The van der Waals surface area contributed by atoms with Crippen LogP contribution in [0.2, 0.25) is 0 Å². The van der Waals surface area contributed by atoms with Crippen LogP contribution in [-0.4, -0.2) is 25.3 Å². The number of carbonyl (C=O) groups is 1. The van der Waals surface area contributed by atoms with Crippen molar-refractivity contribution in [1.82, 2.24) is 0 Å². The Labute approximate surface area is 114 Å². The number of rotatable bonds is 8. The van der Waals surface area contributed by atoms with Crippen molar-refractivity contribution in [3.63, 3.8) is 0 Å². The molecular weight excluding hydrogens is 244 g/mol. The molecule has 0 atom stereocenters. The van der Waals surface area contributed by atoms with Crippen LogP contribution in [-0.2, 0) is 6.42 Å². The zero-order valence-electron chi connectivity index (χ0n) is 11.9. The van der Waals surface area contributed by atoms with E-state index in [0.29, 0.717) is 11.5 Å². The van der Waals surface area contributed by atoms with Crippen molar-refractivity contribution < 1.29 is 19.4 Å². The average molecular weight is 266 g/mol. The molecule has 0 spiro atoms. The molecule has 0 aliphatic heterocycles. The zero-order valence-corrected chi connectivity index (χ0v) is 11.9. The number of benzene rings is 1. The Morgan fingerprint density at radius 2 is 1.68 bits per heavy atom. The summed E-state index contributed by atoms with van der Waals surface area (Å²) in [6, 6.07) is 3.11. The second kappa shape index (κ2) is 7.67. The van der Waals surface area contributed by atoms with E-state index in [1.165, 1.54) is 12.8 Å². The lowest BCUT2D eigenvalue weighted by molar-refractivity contribution is 0.0696. The first kappa shape index (κ1) is 15.3. The fourth-order valence-corrected chi connectivity index (χ4v) is 2.08. The zero-order chi connectivity index (χ0) is 14.3. The Hall–Kier alpha value is -1.71. The number of ether oxygens (including phenoxy) is 2. The smallest absolute Gasteiger partial charge is 0.335 e. The highest BCUT2D eigenvalue weighted by Gasteiger charge is 2.15. The molecule has 1 N–H and O–H groups in total. The molecule has 106 valence electrons. The SMILES string of the molecule is CCCCCCc1c(OC)cc(C(=O)O)cc1OC. The first-order chi connectivity index (χ1) is 9.13. The lowest BCUT2D eigenvalue weighted by Crippen LogP contribution is -2.03. The highest BCUT2D eigenvalue weighted by atomic mass is 16.5. The maximum atomic E-state index is 11.0. The maximum Gasteiger partial charge on any atom is 0.335 e. The van der Waals surface area contributed by atoms with Crippen LogP contribution < -0.4 is 9.47 Å². The van der Waals surface area contributed by atoms with Gasteiger partial charge in [0.2, 0.25) is 0 Å². The molecule has 4 nitrogen and oxygen atoms in total. The van der Waals surface area contributed by atoms with Crippen molar-refractivity contribution in [3.8, 4) is 11.5 Å². The summed E-state index contributed by atoms with van der Waals surface area (Å²) in [5.41, 5.74) is 1.14. The van der Waals surface area contributed by atoms with E-state index >= 15 is 0 Å². The minimum absolute atomic E-state index is 0.186. The Kier molecular flexibility index (Phi) is 6.19. The molecule has 19 heavy (non-hydrogen) atoms. The molecule has 0 aliphatic carbocycles. The number of hydrogen-bond donors (Lipinski definition) is 1. The average Bonchev–Trinajstić information content (AvgIpc) is 2.42. The predicted octanol–water partition coefficient (Wildman–Crippen LogP) is 3.52. The van der Waals surface area contributed by atoms with Gasteiger partial charge in [-0.2, -0.15) is 0 Å². The quantitative estimate of drug-likeness (QED) is 0.731. The highest BCUT2D eigenvalue weighted by molar-refractivity contribution is 5.89. The van der Waals surface area contributed by atoms with Crippen LogP contribution in [0, 0.1) is 0 Å². The van der Waals surface area contributed by atoms with E-state index in [1.807, 2.05) is 0 Å². The molecule has 1 rings (SSSR count). The Bertz CT molecular complexity index is 401. The third-order valence-corrected chi connectivity index (χ3v) is 3.14. The van der Waals surface area contributed by atoms with Crippen LogP contribution in [0.1, 0.15) is 48.5 Å². The molecule has 0 unspecified atom stereocenters. The molecule has 4 heteroatoms. The lowest BCUT2D eigenvalue weighted by Gasteiger charge is -2.14. The summed E-state index contributed by atoms with van der Waals surface area (Å²) in [6.45, 7) is 2.17. The second-order valence-corrected chi connectivity index (χ2v) is 4.48. The number of carboxylic acid groups (broad SMARTS) is 1.